The Hall–Kier alpha value is -1.32. The molecule has 0 aliphatic rings. The van der Waals surface area contributed by atoms with E-state index in [0.29, 0.717) is 6.04 Å². The molecule has 3 nitrogen and oxygen atoms in total. The van der Waals surface area contributed by atoms with Gasteiger partial charge in [-0.15, -0.1) is 0 Å². The Morgan fingerprint density at radius 2 is 2.05 bits per heavy atom. The average Bonchev–Trinajstić information content (AvgIpc) is 2.83. The molecule has 0 fully saturated rings. The van der Waals surface area contributed by atoms with Gasteiger partial charge in [0.15, 0.2) is 0 Å². The van der Waals surface area contributed by atoms with Gasteiger partial charge in [0.1, 0.15) is 11.3 Å². The Morgan fingerprint density at radius 1 is 1.25 bits per heavy atom. The number of nitrogens with one attached hydrogen (secondary N) is 1. The van der Waals surface area contributed by atoms with Gasteiger partial charge in [-0.2, -0.15) is 0 Å². The molecule has 1 N–H and O–H groups in total. The molecular formula is C17H25NO2. The fourth-order valence-corrected chi connectivity index (χ4v) is 2.67. The van der Waals surface area contributed by atoms with Crippen molar-refractivity contribution in [1.82, 2.24) is 5.32 Å². The number of fused-ring (bicyclic) bond motifs is 1. The lowest BCUT2D eigenvalue weighted by molar-refractivity contribution is 0.161. The molecule has 1 heterocycles. The largest absolute Gasteiger partial charge is 0.461 e. The minimum Gasteiger partial charge on any atom is -0.461 e. The van der Waals surface area contributed by atoms with Crippen molar-refractivity contribution in [2.24, 2.45) is 0 Å². The third kappa shape index (κ3) is 3.41. The van der Waals surface area contributed by atoms with E-state index in [4.69, 9.17) is 9.15 Å². The fraction of sp³-hybridized carbons (Fsp3) is 0.529. The van der Waals surface area contributed by atoms with Gasteiger partial charge in [0, 0.05) is 37.1 Å². The number of benzene rings is 1. The van der Waals surface area contributed by atoms with Crippen molar-refractivity contribution >= 4 is 11.0 Å². The SMILES string of the molecule is CCCC(COC)NCc1c(CC)oc2ccccc12. The molecule has 110 valence electrons. The van der Waals surface area contributed by atoms with Gasteiger partial charge in [0.2, 0.25) is 0 Å². The van der Waals surface area contributed by atoms with Gasteiger partial charge in [-0.1, -0.05) is 38.5 Å². The number of hydrogen-bond acceptors (Lipinski definition) is 3. The van der Waals surface area contributed by atoms with E-state index in [1.807, 2.05) is 12.1 Å². The zero-order valence-electron chi connectivity index (χ0n) is 12.7. The summed E-state index contributed by atoms with van der Waals surface area (Å²) < 4.78 is 11.2. The molecule has 1 aromatic heterocycles. The summed E-state index contributed by atoms with van der Waals surface area (Å²) >= 11 is 0. The summed E-state index contributed by atoms with van der Waals surface area (Å²) in [7, 11) is 1.76. The zero-order chi connectivity index (χ0) is 14.4. The van der Waals surface area contributed by atoms with Crippen LogP contribution in [0.4, 0.5) is 0 Å². The van der Waals surface area contributed by atoms with E-state index < -0.39 is 0 Å². The zero-order valence-corrected chi connectivity index (χ0v) is 12.7. The molecule has 0 radical (unpaired) electrons. The van der Waals surface area contributed by atoms with E-state index in [-0.39, 0.29) is 0 Å². The van der Waals surface area contributed by atoms with Crippen LogP contribution in [0.2, 0.25) is 0 Å². The highest BCUT2D eigenvalue weighted by Gasteiger charge is 2.14. The number of para-hydroxylation sites is 1. The molecule has 0 amide bonds. The standard InChI is InChI=1S/C17H25NO2/c1-4-8-13(12-19-3)18-11-15-14-9-6-7-10-17(14)20-16(15)5-2/h6-7,9-10,13,18H,4-5,8,11-12H2,1-3H3. The summed E-state index contributed by atoms with van der Waals surface area (Å²) in [5, 5.41) is 4.83. The topological polar surface area (TPSA) is 34.4 Å². The van der Waals surface area contributed by atoms with Crippen LogP contribution in [-0.2, 0) is 17.7 Å². The minimum absolute atomic E-state index is 0.406. The van der Waals surface area contributed by atoms with E-state index >= 15 is 0 Å². The molecule has 1 atom stereocenters. The van der Waals surface area contributed by atoms with Crippen LogP contribution in [0, 0.1) is 0 Å². The minimum atomic E-state index is 0.406. The summed E-state index contributed by atoms with van der Waals surface area (Å²) in [6.07, 6.45) is 3.22. The van der Waals surface area contributed by atoms with E-state index in [1.54, 1.807) is 7.11 Å². The molecule has 20 heavy (non-hydrogen) atoms. The number of ether oxygens (including phenoxy) is 1. The molecule has 0 aliphatic heterocycles. The number of rotatable bonds is 8. The maximum absolute atomic E-state index is 5.93. The van der Waals surface area contributed by atoms with Gasteiger partial charge in [0.05, 0.1) is 6.61 Å². The molecule has 0 bridgehead atoms. The van der Waals surface area contributed by atoms with Crippen molar-refractivity contribution in [3.63, 3.8) is 0 Å². The molecular weight excluding hydrogens is 250 g/mol. The Bertz CT molecular complexity index is 527. The summed E-state index contributed by atoms with van der Waals surface area (Å²) in [5.41, 5.74) is 2.28. The third-order valence-corrected chi connectivity index (χ3v) is 3.68. The lowest BCUT2D eigenvalue weighted by Gasteiger charge is -2.17. The molecule has 2 aromatic rings. The Kier molecular flexibility index (Phi) is 5.62. The van der Waals surface area contributed by atoms with E-state index in [9.17, 15) is 0 Å². The Labute approximate surface area is 121 Å². The molecule has 0 saturated heterocycles. The molecule has 2 rings (SSSR count). The molecule has 1 aromatic carbocycles. The highest BCUT2D eigenvalue weighted by Crippen LogP contribution is 2.26. The first-order valence-electron chi connectivity index (χ1n) is 7.51. The molecule has 0 saturated carbocycles. The lowest BCUT2D eigenvalue weighted by Crippen LogP contribution is -2.32. The maximum Gasteiger partial charge on any atom is 0.134 e. The summed E-state index contributed by atoms with van der Waals surface area (Å²) in [6, 6.07) is 8.67. The van der Waals surface area contributed by atoms with Gasteiger partial charge in [-0.25, -0.2) is 0 Å². The van der Waals surface area contributed by atoms with Gasteiger partial charge in [0.25, 0.3) is 0 Å². The van der Waals surface area contributed by atoms with Gasteiger partial charge in [-0.05, 0) is 12.5 Å². The van der Waals surface area contributed by atoms with Crippen LogP contribution < -0.4 is 5.32 Å². The lowest BCUT2D eigenvalue weighted by atomic mass is 10.1. The van der Waals surface area contributed by atoms with E-state index in [0.717, 1.165) is 43.8 Å². The monoisotopic (exact) mass is 275 g/mol. The Balaban J connectivity index is 2.15. The highest BCUT2D eigenvalue weighted by molar-refractivity contribution is 5.82. The predicted molar refractivity (Wildman–Crippen MR) is 83.0 cm³/mol. The number of methoxy groups -OCH3 is 1. The molecule has 0 aliphatic carbocycles. The number of hydrogen-bond donors (Lipinski definition) is 1. The van der Waals surface area contributed by atoms with Crippen molar-refractivity contribution in [2.75, 3.05) is 13.7 Å². The number of aryl methyl sites for hydroxylation is 1. The van der Waals surface area contributed by atoms with Crippen LogP contribution in [0.1, 0.15) is 38.0 Å². The van der Waals surface area contributed by atoms with Crippen LogP contribution in [0.3, 0.4) is 0 Å². The predicted octanol–water partition coefficient (Wildman–Crippen LogP) is 3.90. The van der Waals surface area contributed by atoms with Crippen molar-refractivity contribution in [1.29, 1.82) is 0 Å². The first kappa shape index (κ1) is 15.1. The van der Waals surface area contributed by atoms with Crippen LogP contribution in [0.25, 0.3) is 11.0 Å². The second kappa shape index (κ2) is 7.46. The van der Waals surface area contributed by atoms with Crippen LogP contribution >= 0.6 is 0 Å². The fourth-order valence-electron chi connectivity index (χ4n) is 2.67. The molecule has 3 heteroatoms. The highest BCUT2D eigenvalue weighted by atomic mass is 16.5. The van der Waals surface area contributed by atoms with Crippen LogP contribution in [-0.4, -0.2) is 19.8 Å². The Morgan fingerprint density at radius 3 is 2.75 bits per heavy atom. The van der Waals surface area contributed by atoms with Crippen molar-refractivity contribution in [2.45, 2.75) is 45.7 Å². The summed E-state index contributed by atoms with van der Waals surface area (Å²) in [4.78, 5) is 0. The summed E-state index contributed by atoms with van der Waals surface area (Å²) in [5.74, 6) is 1.09. The smallest absolute Gasteiger partial charge is 0.134 e. The first-order chi connectivity index (χ1) is 9.80. The van der Waals surface area contributed by atoms with Crippen LogP contribution in [0.15, 0.2) is 28.7 Å². The van der Waals surface area contributed by atoms with Gasteiger partial charge in [-0.3, -0.25) is 0 Å². The first-order valence-corrected chi connectivity index (χ1v) is 7.51. The molecule has 1 unspecified atom stereocenters. The average molecular weight is 275 g/mol. The normalized spacial score (nSPS) is 12.9. The third-order valence-electron chi connectivity index (χ3n) is 3.68. The quantitative estimate of drug-likeness (QED) is 0.793. The second-order valence-electron chi connectivity index (χ2n) is 5.18. The van der Waals surface area contributed by atoms with Crippen molar-refractivity contribution in [3.8, 4) is 0 Å². The second-order valence-corrected chi connectivity index (χ2v) is 5.18. The van der Waals surface area contributed by atoms with E-state index in [1.165, 1.54) is 10.9 Å². The summed E-state index contributed by atoms with van der Waals surface area (Å²) in [6.45, 7) is 5.94. The van der Waals surface area contributed by atoms with E-state index in [2.05, 4.69) is 31.3 Å². The number of furan rings is 1. The van der Waals surface area contributed by atoms with Gasteiger partial charge < -0.3 is 14.5 Å². The van der Waals surface area contributed by atoms with Gasteiger partial charge >= 0.3 is 0 Å². The van der Waals surface area contributed by atoms with Crippen LogP contribution in [0.5, 0.6) is 0 Å². The maximum atomic E-state index is 5.93. The van der Waals surface area contributed by atoms with Crippen molar-refractivity contribution < 1.29 is 9.15 Å². The van der Waals surface area contributed by atoms with Crippen molar-refractivity contribution in [3.05, 3.63) is 35.6 Å². The molecule has 0 spiro atoms.